The van der Waals surface area contributed by atoms with Crippen molar-refractivity contribution in [3.05, 3.63) is 175 Å². The van der Waals surface area contributed by atoms with E-state index in [2.05, 4.69) is 182 Å². The number of para-hydroxylation sites is 1. The van der Waals surface area contributed by atoms with E-state index in [1.165, 1.54) is 83.1 Å². The van der Waals surface area contributed by atoms with Gasteiger partial charge in [0.05, 0.1) is 11.0 Å². The first kappa shape index (κ1) is 26.7. The Labute approximate surface area is 270 Å². The summed E-state index contributed by atoms with van der Waals surface area (Å²) in [4.78, 5) is 0. The maximum atomic E-state index is 2.46. The molecule has 1 heterocycles. The molecular weight excluding hydrogens is 555 g/mol. The summed E-state index contributed by atoms with van der Waals surface area (Å²) in [6.45, 7) is 4.72. The third kappa shape index (κ3) is 4.09. The molecule has 1 aromatic heterocycles. The molecule has 8 aromatic rings. The SMILES string of the molecule is CC1(C)c2ccccc2-c2cc3c(cc21)c1ccccc1n3-c1cccc(-c2cc(-c3ccccc3)cc(-c3ccccc3)c2)c1. The Morgan fingerprint density at radius 1 is 0.370 bits per heavy atom. The number of benzene rings is 7. The van der Waals surface area contributed by atoms with E-state index < -0.39 is 0 Å². The average Bonchev–Trinajstić information content (AvgIpc) is 3.56. The Morgan fingerprint density at radius 3 is 1.67 bits per heavy atom. The molecule has 7 aromatic carbocycles. The fourth-order valence-corrected chi connectivity index (χ4v) is 7.65. The van der Waals surface area contributed by atoms with Gasteiger partial charge in [-0.1, -0.05) is 129 Å². The highest BCUT2D eigenvalue weighted by molar-refractivity contribution is 6.11. The van der Waals surface area contributed by atoms with Crippen molar-refractivity contribution in [1.29, 1.82) is 0 Å². The Bertz CT molecular complexity index is 2370. The van der Waals surface area contributed by atoms with Gasteiger partial charge < -0.3 is 4.57 Å². The molecule has 0 saturated carbocycles. The van der Waals surface area contributed by atoms with Gasteiger partial charge in [-0.3, -0.25) is 0 Å². The second kappa shape index (κ2) is 10.2. The lowest BCUT2D eigenvalue weighted by atomic mass is 9.82. The molecule has 0 bridgehead atoms. The van der Waals surface area contributed by atoms with Gasteiger partial charge in [0.15, 0.2) is 0 Å². The standard InChI is InChI=1S/C45H33N/c1-45(2)41-22-11-9-20-37(41)39-29-44-40(28-42(39)45)38-21-10-12-23-43(38)46(44)36-19-13-18-32(27-36)35-25-33(30-14-5-3-6-15-30)24-34(26-35)31-16-7-4-8-17-31/h3-29H,1-2H3. The van der Waals surface area contributed by atoms with Crippen molar-refractivity contribution in [2.24, 2.45) is 0 Å². The van der Waals surface area contributed by atoms with Crippen LogP contribution in [0, 0.1) is 0 Å². The number of hydrogen-bond acceptors (Lipinski definition) is 0. The summed E-state index contributed by atoms with van der Waals surface area (Å²) in [6, 6.07) is 60.1. The highest BCUT2D eigenvalue weighted by Gasteiger charge is 2.36. The molecular formula is C45H33N. The number of aromatic nitrogens is 1. The van der Waals surface area contributed by atoms with Crippen LogP contribution in [-0.2, 0) is 5.41 Å². The lowest BCUT2D eigenvalue weighted by Crippen LogP contribution is -2.14. The minimum absolute atomic E-state index is 0.0382. The van der Waals surface area contributed by atoms with Crippen LogP contribution in [0.2, 0.25) is 0 Å². The van der Waals surface area contributed by atoms with Gasteiger partial charge in [-0.15, -0.1) is 0 Å². The summed E-state index contributed by atoms with van der Waals surface area (Å²) in [6.07, 6.45) is 0. The van der Waals surface area contributed by atoms with Crippen LogP contribution in [0.3, 0.4) is 0 Å². The van der Waals surface area contributed by atoms with Crippen LogP contribution in [0.1, 0.15) is 25.0 Å². The molecule has 0 atom stereocenters. The zero-order valence-corrected chi connectivity index (χ0v) is 26.0. The first-order valence-electron chi connectivity index (χ1n) is 16.1. The molecule has 1 aliphatic rings. The highest BCUT2D eigenvalue weighted by atomic mass is 15.0. The number of fused-ring (bicyclic) bond motifs is 6. The van der Waals surface area contributed by atoms with E-state index in [4.69, 9.17) is 0 Å². The van der Waals surface area contributed by atoms with E-state index in [1.54, 1.807) is 0 Å². The summed E-state index contributed by atoms with van der Waals surface area (Å²) < 4.78 is 2.46. The van der Waals surface area contributed by atoms with Gasteiger partial charge in [-0.2, -0.15) is 0 Å². The summed E-state index contributed by atoms with van der Waals surface area (Å²) in [5.41, 5.74) is 16.4. The van der Waals surface area contributed by atoms with Crippen LogP contribution >= 0.6 is 0 Å². The molecule has 1 nitrogen and oxygen atoms in total. The molecule has 0 unspecified atom stereocenters. The maximum absolute atomic E-state index is 2.46. The molecule has 218 valence electrons. The van der Waals surface area contributed by atoms with Crippen molar-refractivity contribution in [2.45, 2.75) is 19.3 Å². The molecule has 46 heavy (non-hydrogen) atoms. The Balaban J connectivity index is 1.27. The van der Waals surface area contributed by atoms with Gasteiger partial charge in [-0.25, -0.2) is 0 Å². The average molecular weight is 588 g/mol. The second-order valence-electron chi connectivity index (χ2n) is 13.0. The van der Waals surface area contributed by atoms with Crippen molar-refractivity contribution >= 4 is 21.8 Å². The Morgan fingerprint density at radius 2 is 0.957 bits per heavy atom. The van der Waals surface area contributed by atoms with Crippen molar-refractivity contribution in [3.8, 4) is 50.2 Å². The monoisotopic (exact) mass is 587 g/mol. The topological polar surface area (TPSA) is 4.93 Å². The first-order chi connectivity index (χ1) is 22.6. The summed E-state index contributed by atoms with van der Waals surface area (Å²) in [5.74, 6) is 0. The van der Waals surface area contributed by atoms with Crippen LogP contribution in [0.4, 0.5) is 0 Å². The maximum Gasteiger partial charge on any atom is 0.0547 e. The fourth-order valence-electron chi connectivity index (χ4n) is 7.65. The third-order valence-corrected chi connectivity index (χ3v) is 9.96. The molecule has 0 fully saturated rings. The summed E-state index contributed by atoms with van der Waals surface area (Å²) >= 11 is 0. The molecule has 0 spiro atoms. The Kier molecular flexibility index (Phi) is 5.92. The largest absolute Gasteiger partial charge is 0.309 e. The fraction of sp³-hybridized carbons (Fsp3) is 0.0667. The predicted octanol–water partition coefficient (Wildman–Crippen LogP) is 12.1. The van der Waals surface area contributed by atoms with Crippen LogP contribution in [0.25, 0.3) is 72.0 Å². The van der Waals surface area contributed by atoms with Crippen LogP contribution < -0.4 is 0 Å². The van der Waals surface area contributed by atoms with Gasteiger partial charge in [0.2, 0.25) is 0 Å². The van der Waals surface area contributed by atoms with Gasteiger partial charge in [0.25, 0.3) is 0 Å². The zero-order chi connectivity index (χ0) is 30.8. The van der Waals surface area contributed by atoms with Crippen molar-refractivity contribution in [3.63, 3.8) is 0 Å². The first-order valence-corrected chi connectivity index (χ1v) is 16.1. The van der Waals surface area contributed by atoms with Crippen molar-refractivity contribution in [2.75, 3.05) is 0 Å². The molecule has 0 radical (unpaired) electrons. The molecule has 0 saturated heterocycles. The molecule has 1 aliphatic carbocycles. The molecule has 1 heteroatoms. The Hall–Kier alpha value is -5.66. The predicted molar refractivity (Wildman–Crippen MR) is 195 cm³/mol. The van der Waals surface area contributed by atoms with E-state index in [-0.39, 0.29) is 5.41 Å². The second-order valence-corrected chi connectivity index (χ2v) is 13.0. The van der Waals surface area contributed by atoms with Gasteiger partial charge in [-0.05, 0) is 104 Å². The van der Waals surface area contributed by atoms with E-state index >= 15 is 0 Å². The summed E-state index contributed by atoms with van der Waals surface area (Å²) in [7, 11) is 0. The van der Waals surface area contributed by atoms with Crippen LogP contribution in [0.15, 0.2) is 164 Å². The highest BCUT2D eigenvalue weighted by Crippen LogP contribution is 2.51. The zero-order valence-electron chi connectivity index (χ0n) is 26.0. The number of nitrogens with zero attached hydrogens (tertiary/aromatic N) is 1. The van der Waals surface area contributed by atoms with Gasteiger partial charge in [0.1, 0.15) is 0 Å². The van der Waals surface area contributed by atoms with Crippen molar-refractivity contribution in [1.82, 2.24) is 4.57 Å². The molecule has 0 aliphatic heterocycles. The van der Waals surface area contributed by atoms with E-state index in [0.29, 0.717) is 0 Å². The smallest absolute Gasteiger partial charge is 0.0547 e. The normalized spacial score (nSPS) is 13.2. The lowest BCUT2D eigenvalue weighted by Gasteiger charge is -2.21. The van der Waals surface area contributed by atoms with E-state index in [1.807, 2.05) is 0 Å². The van der Waals surface area contributed by atoms with E-state index in [9.17, 15) is 0 Å². The molecule has 9 rings (SSSR count). The number of rotatable bonds is 4. The van der Waals surface area contributed by atoms with Crippen LogP contribution in [0.5, 0.6) is 0 Å². The van der Waals surface area contributed by atoms with Crippen LogP contribution in [-0.4, -0.2) is 4.57 Å². The lowest BCUT2D eigenvalue weighted by molar-refractivity contribution is 0.661. The quantitative estimate of drug-likeness (QED) is 0.193. The molecule has 0 N–H and O–H groups in total. The van der Waals surface area contributed by atoms with E-state index in [0.717, 1.165) is 0 Å². The van der Waals surface area contributed by atoms with Gasteiger partial charge in [0, 0.05) is 21.9 Å². The molecule has 0 amide bonds. The number of hydrogen-bond donors (Lipinski definition) is 0. The third-order valence-electron chi connectivity index (χ3n) is 9.96. The summed E-state index contributed by atoms with van der Waals surface area (Å²) in [5, 5.41) is 2.59. The minimum Gasteiger partial charge on any atom is -0.309 e. The minimum atomic E-state index is -0.0382. The van der Waals surface area contributed by atoms with Crippen molar-refractivity contribution < 1.29 is 0 Å². The van der Waals surface area contributed by atoms with Gasteiger partial charge >= 0.3 is 0 Å².